The van der Waals surface area contributed by atoms with Crippen LogP contribution in [-0.4, -0.2) is 35.4 Å². The van der Waals surface area contributed by atoms with Crippen molar-refractivity contribution in [1.82, 2.24) is 10.3 Å². The van der Waals surface area contributed by atoms with Gasteiger partial charge >= 0.3 is 0 Å². The van der Waals surface area contributed by atoms with Gasteiger partial charge in [-0.25, -0.2) is 9.37 Å². The van der Waals surface area contributed by atoms with Crippen LogP contribution < -0.4 is 27.4 Å². The molecule has 2 unspecified atom stereocenters. The van der Waals surface area contributed by atoms with Crippen molar-refractivity contribution >= 4 is 35.1 Å². The number of aromatic nitrogens is 1. The van der Waals surface area contributed by atoms with E-state index >= 15 is 0 Å². The van der Waals surface area contributed by atoms with E-state index in [9.17, 15) is 9.18 Å². The predicted molar refractivity (Wildman–Crippen MR) is 101 cm³/mol. The van der Waals surface area contributed by atoms with Crippen LogP contribution in [0.15, 0.2) is 18.0 Å². The number of hydrogen-bond donors (Lipinski definition) is 5. The van der Waals surface area contributed by atoms with E-state index in [0.717, 1.165) is 31.7 Å². The molecule has 0 aliphatic heterocycles. The van der Waals surface area contributed by atoms with Crippen LogP contribution in [0.1, 0.15) is 36.0 Å². The summed E-state index contributed by atoms with van der Waals surface area (Å²) >= 11 is 4.82. The average molecular weight is 366 g/mol. The van der Waals surface area contributed by atoms with Gasteiger partial charge in [0, 0.05) is 23.7 Å². The molecule has 0 bridgehead atoms. The Morgan fingerprint density at radius 2 is 2.04 bits per heavy atom. The molecule has 0 spiro atoms. The van der Waals surface area contributed by atoms with Crippen molar-refractivity contribution in [3.8, 4) is 0 Å². The van der Waals surface area contributed by atoms with Crippen LogP contribution >= 0.6 is 12.2 Å². The number of anilines is 2. The van der Waals surface area contributed by atoms with Gasteiger partial charge in [-0.2, -0.15) is 0 Å². The first-order valence-electron chi connectivity index (χ1n) is 8.08. The van der Waals surface area contributed by atoms with Crippen molar-refractivity contribution in [2.45, 2.75) is 37.8 Å². The molecule has 0 radical (unpaired) electrons. The van der Waals surface area contributed by atoms with Crippen LogP contribution in [0, 0.1) is 5.82 Å². The van der Waals surface area contributed by atoms with Crippen LogP contribution in [0.5, 0.6) is 0 Å². The van der Waals surface area contributed by atoms with Crippen LogP contribution in [0.2, 0.25) is 0 Å². The minimum atomic E-state index is -0.799. The molecule has 0 aromatic carbocycles. The maximum absolute atomic E-state index is 14.4. The molecule has 1 amide bonds. The molecular weight excluding hydrogens is 343 g/mol. The summed E-state index contributed by atoms with van der Waals surface area (Å²) in [7, 11) is 1.88. The lowest BCUT2D eigenvalue weighted by Crippen LogP contribution is -2.45. The number of nitrogens with two attached hydrogens (primary N) is 2. The second kappa shape index (κ2) is 8.72. The van der Waals surface area contributed by atoms with E-state index in [-0.39, 0.29) is 29.3 Å². The fourth-order valence-corrected chi connectivity index (χ4v) is 3.08. The Labute approximate surface area is 151 Å². The zero-order chi connectivity index (χ0) is 18.4. The summed E-state index contributed by atoms with van der Waals surface area (Å²) in [5.41, 5.74) is 11.0. The third-order valence-corrected chi connectivity index (χ3v) is 4.52. The molecule has 0 saturated heterocycles. The molecule has 1 saturated carbocycles. The van der Waals surface area contributed by atoms with Gasteiger partial charge in [-0.3, -0.25) is 4.79 Å². The standard InChI is InChI=1S/C16H23FN6OS/c1-20-12-4-2-3-5-13(12)22-16-11(17)6-10(14(19)24)15(23-16)21-9(7-18)8-25/h6-8,12-13,20H,2-5,18H2,1H3,(H2,19,24)(H2,21,22,23). The number of carbonyl (C=O) groups excluding carboxylic acids is 1. The lowest BCUT2D eigenvalue weighted by molar-refractivity contribution is 0.100. The second-order valence-corrected chi connectivity index (χ2v) is 6.11. The molecule has 7 N–H and O–H groups in total. The largest absolute Gasteiger partial charge is 0.403 e. The maximum Gasteiger partial charge on any atom is 0.252 e. The van der Waals surface area contributed by atoms with Gasteiger partial charge in [-0.05, 0) is 26.0 Å². The monoisotopic (exact) mass is 366 g/mol. The number of pyridine rings is 1. The normalized spacial score (nSPS) is 20.8. The molecule has 1 aromatic heterocycles. The summed E-state index contributed by atoms with van der Waals surface area (Å²) < 4.78 is 14.4. The Morgan fingerprint density at radius 1 is 1.36 bits per heavy atom. The molecule has 25 heavy (non-hydrogen) atoms. The average Bonchev–Trinajstić information content (AvgIpc) is 2.62. The predicted octanol–water partition coefficient (Wildman–Crippen LogP) is 1.47. The first-order valence-corrected chi connectivity index (χ1v) is 8.55. The summed E-state index contributed by atoms with van der Waals surface area (Å²) in [6.07, 6.45) is 5.33. The highest BCUT2D eigenvalue weighted by Crippen LogP contribution is 2.26. The van der Waals surface area contributed by atoms with E-state index in [1.807, 2.05) is 7.05 Å². The molecule has 1 aliphatic carbocycles. The lowest BCUT2D eigenvalue weighted by Gasteiger charge is -2.32. The topological polar surface area (TPSA) is 118 Å². The molecule has 1 heterocycles. The number of primary amides is 1. The number of nitrogens with one attached hydrogen (secondary N) is 3. The minimum Gasteiger partial charge on any atom is -0.403 e. The van der Waals surface area contributed by atoms with Gasteiger partial charge in [-0.1, -0.05) is 25.1 Å². The number of halogens is 1. The Balaban J connectivity index is 2.34. The summed E-state index contributed by atoms with van der Waals surface area (Å²) in [6.45, 7) is 0. The van der Waals surface area contributed by atoms with Gasteiger partial charge < -0.3 is 27.4 Å². The third kappa shape index (κ3) is 4.64. The first kappa shape index (κ1) is 19.1. The lowest BCUT2D eigenvalue weighted by atomic mass is 9.90. The van der Waals surface area contributed by atoms with Crippen molar-refractivity contribution in [2.75, 3.05) is 17.7 Å². The zero-order valence-corrected chi connectivity index (χ0v) is 14.8. The fraction of sp³-hybridized carbons (Fsp3) is 0.438. The molecule has 2 atom stereocenters. The number of thiocarbonyl (C=S) groups is 1. The van der Waals surface area contributed by atoms with Gasteiger partial charge in [0.05, 0.1) is 11.3 Å². The number of nitrogens with zero attached hydrogens (tertiary/aromatic N) is 1. The van der Waals surface area contributed by atoms with Gasteiger partial charge in [0.2, 0.25) is 0 Å². The van der Waals surface area contributed by atoms with Crippen LogP contribution in [0.3, 0.4) is 0 Å². The van der Waals surface area contributed by atoms with Crippen LogP contribution in [0.4, 0.5) is 16.0 Å². The van der Waals surface area contributed by atoms with E-state index in [4.69, 9.17) is 23.7 Å². The summed E-state index contributed by atoms with van der Waals surface area (Å²) in [6, 6.07) is 1.33. The molecule has 136 valence electrons. The Morgan fingerprint density at radius 3 is 2.60 bits per heavy atom. The van der Waals surface area contributed by atoms with Crippen LogP contribution in [0.25, 0.3) is 0 Å². The van der Waals surface area contributed by atoms with Crippen molar-refractivity contribution in [2.24, 2.45) is 11.5 Å². The summed E-state index contributed by atoms with van der Waals surface area (Å²) in [5.74, 6) is -1.28. The molecule has 2 rings (SSSR count). The van der Waals surface area contributed by atoms with E-state index in [2.05, 4.69) is 20.9 Å². The summed E-state index contributed by atoms with van der Waals surface area (Å²) in [5, 5.41) is 10.5. The molecule has 1 fully saturated rings. The minimum absolute atomic E-state index is 0.0445. The fourth-order valence-electron chi connectivity index (χ4n) is 2.95. The van der Waals surface area contributed by atoms with Gasteiger partial charge in [-0.15, -0.1) is 0 Å². The van der Waals surface area contributed by atoms with E-state index in [1.54, 1.807) is 0 Å². The van der Waals surface area contributed by atoms with Crippen molar-refractivity contribution in [3.63, 3.8) is 0 Å². The van der Waals surface area contributed by atoms with Crippen molar-refractivity contribution in [1.29, 1.82) is 0 Å². The SMILES string of the molecule is CNC1CCCCC1Nc1nc(NC(C=S)=CN)c(C(N)=O)cc1F. The molecule has 7 nitrogen and oxygen atoms in total. The van der Waals surface area contributed by atoms with Crippen molar-refractivity contribution in [3.05, 3.63) is 29.3 Å². The number of rotatable bonds is 7. The Bertz CT molecular complexity index is 681. The van der Waals surface area contributed by atoms with Gasteiger partial charge in [0.1, 0.15) is 5.82 Å². The molecule has 1 aromatic rings. The quantitative estimate of drug-likeness (QED) is 0.366. The highest BCUT2D eigenvalue weighted by molar-refractivity contribution is 7.79. The van der Waals surface area contributed by atoms with E-state index < -0.39 is 11.7 Å². The molecule has 1 aliphatic rings. The Hall–Kier alpha value is -2.26. The highest BCUT2D eigenvalue weighted by atomic mass is 32.1. The third-order valence-electron chi connectivity index (χ3n) is 4.27. The van der Waals surface area contributed by atoms with E-state index in [0.29, 0.717) is 5.70 Å². The smallest absolute Gasteiger partial charge is 0.252 e. The van der Waals surface area contributed by atoms with E-state index in [1.165, 1.54) is 11.6 Å². The molecule has 9 heteroatoms. The summed E-state index contributed by atoms with van der Waals surface area (Å²) in [4.78, 5) is 15.8. The first-order chi connectivity index (χ1) is 12.0. The van der Waals surface area contributed by atoms with Crippen molar-refractivity contribution < 1.29 is 9.18 Å². The molecular formula is C16H23FN6OS. The number of amides is 1. The number of hydrogen-bond acceptors (Lipinski definition) is 7. The maximum atomic E-state index is 14.4. The van der Waals surface area contributed by atoms with Crippen LogP contribution in [-0.2, 0) is 0 Å². The Kier molecular flexibility index (Phi) is 6.65. The highest BCUT2D eigenvalue weighted by Gasteiger charge is 2.26. The number of allylic oxidation sites excluding steroid dienone is 1. The zero-order valence-electron chi connectivity index (χ0n) is 14.0. The number of likely N-dealkylation sites (N-methyl/N-ethyl adjacent to an activating group) is 1. The number of carbonyl (C=O) groups is 1. The van der Waals surface area contributed by atoms with Gasteiger partial charge in [0.15, 0.2) is 11.6 Å². The van der Waals surface area contributed by atoms with Gasteiger partial charge in [0.25, 0.3) is 5.91 Å². The second-order valence-electron chi connectivity index (χ2n) is 5.87.